The topological polar surface area (TPSA) is 98.6 Å². The summed E-state index contributed by atoms with van der Waals surface area (Å²) in [7, 11) is 3.24. The van der Waals surface area contributed by atoms with Gasteiger partial charge in [-0.25, -0.2) is 4.99 Å². The van der Waals surface area contributed by atoms with Crippen molar-refractivity contribution < 1.29 is 28.8 Å². The third kappa shape index (κ3) is 7.42. The molecule has 1 heterocycles. The van der Waals surface area contributed by atoms with Gasteiger partial charge in [-0.1, -0.05) is 42.5 Å². The number of hydrogen-bond acceptors (Lipinski definition) is 7. The number of aliphatic imine (C=N–C) groups is 1. The molecule has 2 N–H and O–H groups in total. The summed E-state index contributed by atoms with van der Waals surface area (Å²) in [6.07, 6.45) is 5.46. The van der Waals surface area contributed by atoms with Gasteiger partial charge in [-0.15, -0.1) is 0 Å². The van der Waals surface area contributed by atoms with Crippen LogP contribution in [0.15, 0.2) is 83.9 Å². The van der Waals surface area contributed by atoms with Gasteiger partial charge in [0.2, 0.25) is 5.90 Å². The number of amides is 1. The first-order chi connectivity index (χ1) is 19.6. The van der Waals surface area contributed by atoms with Crippen molar-refractivity contribution in [1.82, 2.24) is 5.32 Å². The summed E-state index contributed by atoms with van der Waals surface area (Å²) >= 11 is 0. The lowest BCUT2D eigenvalue weighted by Gasteiger charge is -2.22. The second-order valence-corrected chi connectivity index (χ2v) is 9.39. The number of nitrogens with one attached hydrogen (secondary N) is 1. The van der Waals surface area contributed by atoms with Gasteiger partial charge in [-0.05, 0) is 60.0 Å². The third-order valence-electron chi connectivity index (χ3n) is 6.59. The molecule has 0 aliphatic carbocycles. The number of methoxy groups -OCH3 is 2. The van der Waals surface area contributed by atoms with E-state index in [9.17, 15) is 4.79 Å². The molecule has 40 heavy (non-hydrogen) atoms. The molecule has 4 rings (SSSR count). The number of rotatable bonds is 14. The van der Waals surface area contributed by atoms with Crippen LogP contribution in [0.3, 0.4) is 0 Å². The number of carbonyl (C=O) groups is 1. The molecule has 0 saturated carbocycles. The Labute approximate surface area is 235 Å². The van der Waals surface area contributed by atoms with Crippen molar-refractivity contribution >= 4 is 17.9 Å². The van der Waals surface area contributed by atoms with Crippen LogP contribution in [-0.2, 0) is 16.0 Å². The SMILES string of the molecule is COc1ccc(OC)c(CCNC(=O)[C@@]2(C/C=C/c3ccccc3)COC(c3ccc(OCCCO)cc3)=N2)c1. The van der Waals surface area contributed by atoms with Gasteiger partial charge < -0.3 is 29.4 Å². The summed E-state index contributed by atoms with van der Waals surface area (Å²) in [5, 5.41) is 12.0. The molecule has 0 radical (unpaired) electrons. The predicted octanol–water partition coefficient (Wildman–Crippen LogP) is 4.44. The summed E-state index contributed by atoms with van der Waals surface area (Å²) < 4.78 is 22.4. The summed E-state index contributed by atoms with van der Waals surface area (Å²) in [6, 6.07) is 22.9. The number of aliphatic hydroxyl groups excluding tert-OH is 1. The van der Waals surface area contributed by atoms with Crippen LogP contribution in [0.5, 0.6) is 17.2 Å². The standard InChI is InChI=1S/C32H36N2O6/c1-37-28-15-16-29(38-2)26(22-28)17-19-33-31(36)32(18-6-10-24-8-4-3-5-9-24)23-40-30(34-32)25-11-13-27(14-12-25)39-21-7-20-35/h3-6,8-16,22,35H,7,17-21,23H2,1-2H3,(H,33,36)/b10-6+/t32-/m1/s1. The first-order valence-corrected chi connectivity index (χ1v) is 13.3. The van der Waals surface area contributed by atoms with Gasteiger partial charge in [0.1, 0.15) is 23.9 Å². The van der Waals surface area contributed by atoms with E-state index in [1.165, 1.54) is 0 Å². The first-order valence-electron chi connectivity index (χ1n) is 13.3. The number of nitrogens with zero attached hydrogens (tertiary/aromatic N) is 1. The maximum Gasteiger partial charge on any atom is 0.251 e. The summed E-state index contributed by atoms with van der Waals surface area (Å²) in [5.41, 5.74) is 1.64. The zero-order chi connectivity index (χ0) is 28.2. The van der Waals surface area contributed by atoms with Gasteiger partial charge in [0.15, 0.2) is 5.54 Å². The fourth-order valence-electron chi connectivity index (χ4n) is 4.36. The van der Waals surface area contributed by atoms with Gasteiger partial charge in [0.25, 0.3) is 5.91 Å². The van der Waals surface area contributed by atoms with Crippen molar-refractivity contribution in [2.75, 3.05) is 40.6 Å². The smallest absolute Gasteiger partial charge is 0.251 e. The molecule has 0 spiro atoms. The Hall–Kier alpha value is -4.30. The monoisotopic (exact) mass is 544 g/mol. The van der Waals surface area contributed by atoms with Gasteiger partial charge in [0.05, 0.1) is 20.8 Å². The van der Waals surface area contributed by atoms with Crippen molar-refractivity contribution in [1.29, 1.82) is 0 Å². The Bertz CT molecular complexity index is 1310. The Morgan fingerprint density at radius 1 is 1.05 bits per heavy atom. The quantitative estimate of drug-likeness (QED) is 0.291. The van der Waals surface area contributed by atoms with Crippen LogP contribution >= 0.6 is 0 Å². The largest absolute Gasteiger partial charge is 0.497 e. The molecular weight excluding hydrogens is 508 g/mol. The molecule has 1 aliphatic rings. The highest BCUT2D eigenvalue weighted by Crippen LogP contribution is 2.28. The minimum atomic E-state index is -1.10. The Kier molecular flexibility index (Phi) is 10.2. The lowest BCUT2D eigenvalue weighted by molar-refractivity contribution is -0.126. The summed E-state index contributed by atoms with van der Waals surface area (Å²) in [6.45, 7) is 1.05. The van der Waals surface area contributed by atoms with E-state index in [1.807, 2.05) is 84.9 Å². The number of benzene rings is 3. The number of ether oxygens (including phenoxy) is 4. The van der Waals surface area contributed by atoms with Gasteiger partial charge in [0, 0.05) is 31.6 Å². The molecule has 3 aromatic carbocycles. The van der Waals surface area contributed by atoms with Crippen LogP contribution in [0.2, 0.25) is 0 Å². The average Bonchev–Trinajstić information content (AvgIpc) is 3.43. The van der Waals surface area contributed by atoms with E-state index in [2.05, 4.69) is 5.32 Å². The summed E-state index contributed by atoms with van der Waals surface area (Å²) in [4.78, 5) is 18.5. The van der Waals surface area contributed by atoms with Crippen LogP contribution in [0, 0.1) is 0 Å². The molecule has 3 aromatic rings. The Morgan fingerprint density at radius 3 is 2.55 bits per heavy atom. The minimum absolute atomic E-state index is 0.0820. The van der Waals surface area contributed by atoms with E-state index in [4.69, 9.17) is 29.0 Å². The highest BCUT2D eigenvalue weighted by Gasteiger charge is 2.43. The van der Waals surface area contributed by atoms with Crippen LogP contribution in [0.4, 0.5) is 0 Å². The van der Waals surface area contributed by atoms with Crippen molar-refractivity contribution in [3.63, 3.8) is 0 Å². The Morgan fingerprint density at radius 2 is 1.82 bits per heavy atom. The van der Waals surface area contributed by atoms with E-state index in [-0.39, 0.29) is 19.1 Å². The molecule has 1 aliphatic heterocycles. The van der Waals surface area contributed by atoms with E-state index in [1.54, 1.807) is 14.2 Å². The molecule has 1 atom stereocenters. The number of aliphatic hydroxyl groups is 1. The van der Waals surface area contributed by atoms with E-state index < -0.39 is 5.54 Å². The number of hydrogen-bond donors (Lipinski definition) is 2. The molecule has 0 fully saturated rings. The van der Waals surface area contributed by atoms with Crippen molar-refractivity contribution in [2.24, 2.45) is 4.99 Å². The fraction of sp³-hybridized carbons (Fsp3) is 0.312. The van der Waals surface area contributed by atoms with Gasteiger partial charge in [-0.3, -0.25) is 4.79 Å². The maximum absolute atomic E-state index is 13.6. The van der Waals surface area contributed by atoms with Gasteiger partial charge in [-0.2, -0.15) is 0 Å². The van der Waals surface area contributed by atoms with Gasteiger partial charge >= 0.3 is 0 Å². The molecule has 0 bridgehead atoms. The van der Waals surface area contributed by atoms with Crippen molar-refractivity contribution in [2.45, 2.75) is 24.8 Å². The molecular formula is C32H36N2O6. The first kappa shape index (κ1) is 28.7. The van der Waals surface area contributed by atoms with Crippen LogP contribution in [0.1, 0.15) is 29.5 Å². The predicted molar refractivity (Wildman–Crippen MR) is 155 cm³/mol. The average molecular weight is 545 g/mol. The maximum atomic E-state index is 13.6. The highest BCUT2D eigenvalue weighted by molar-refractivity contribution is 6.00. The lowest BCUT2D eigenvalue weighted by atomic mass is 9.95. The van der Waals surface area contributed by atoms with Crippen molar-refractivity contribution in [3.8, 4) is 17.2 Å². The molecule has 0 aromatic heterocycles. The second kappa shape index (κ2) is 14.2. The zero-order valence-electron chi connectivity index (χ0n) is 23.0. The molecule has 0 saturated heterocycles. The molecule has 8 heteroatoms. The fourth-order valence-corrected chi connectivity index (χ4v) is 4.36. The molecule has 8 nitrogen and oxygen atoms in total. The minimum Gasteiger partial charge on any atom is -0.497 e. The van der Waals surface area contributed by atoms with Crippen LogP contribution in [-0.4, -0.2) is 63.0 Å². The lowest BCUT2D eigenvalue weighted by Crippen LogP contribution is -2.47. The van der Waals surface area contributed by atoms with Crippen LogP contribution < -0.4 is 19.5 Å². The molecule has 1 amide bonds. The summed E-state index contributed by atoms with van der Waals surface area (Å²) in [5.74, 6) is 2.38. The van der Waals surface area contributed by atoms with Crippen LogP contribution in [0.25, 0.3) is 6.08 Å². The Balaban J connectivity index is 1.50. The van der Waals surface area contributed by atoms with E-state index >= 15 is 0 Å². The number of carbonyl (C=O) groups excluding carboxylic acids is 1. The molecule has 0 unspecified atom stereocenters. The van der Waals surface area contributed by atoms with E-state index in [0.29, 0.717) is 44.1 Å². The zero-order valence-corrected chi connectivity index (χ0v) is 23.0. The van der Waals surface area contributed by atoms with Crippen molar-refractivity contribution in [3.05, 3.63) is 95.6 Å². The normalized spacial score (nSPS) is 16.3. The second-order valence-electron chi connectivity index (χ2n) is 9.39. The van der Waals surface area contributed by atoms with E-state index in [0.717, 1.165) is 28.2 Å². The third-order valence-corrected chi connectivity index (χ3v) is 6.59. The molecule has 210 valence electrons. The highest BCUT2D eigenvalue weighted by atomic mass is 16.5.